The second-order valence-corrected chi connectivity index (χ2v) is 11.2. The molecule has 37 heavy (non-hydrogen) atoms. The van der Waals surface area contributed by atoms with E-state index in [4.69, 9.17) is 11.6 Å². The number of likely N-dealkylation sites (N-methyl/N-ethyl adjacent to an activating group) is 1. The number of aliphatic hydroxyl groups is 1. The lowest BCUT2D eigenvalue weighted by molar-refractivity contribution is -0.119. The number of nitrogens with one attached hydrogen (secondary N) is 3. The van der Waals surface area contributed by atoms with Crippen LogP contribution in [0.4, 0.5) is 9.18 Å². The van der Waals surface area contributed by atoms with E-state index >= 15 is 0 Å². The summed E-state index contributed by atoms with van der Waals surface area (Å²) in [6.45, 7) is 3.52. The van der Waals surface area contributed by atoms with Gasteiger partial charge in [0, 0.05) is 50.6 Å². The summed E-state index contributed by atoms with van der Waals surface area (Å²) in [5.74, 6) is -0.394. The largest absolute Gasteiger partial charge is 0.385 e. The zero-order chi connectivity index (χ0) is 26.8. The first kappa shape index (κ1) is 29.7. The van der Waals surface area contributed by atoms with Crippen molar-refractivity contribution in [2.45, 2.75) is 82.8 Å². The minimum absolute atomic E-state index is 0.0511. The highest BCUT2D eigenvalue weighted by molar-refractivity contribution is 6.31. The van der Waals surface area contributed by atoms with Crippen LogP contribution in [0.2, 0.25) is 5.02 Å². The summed E-state index contributed by atoms with van der Waals surface area (Å²) in [4.78, 5) is 26.5. The molecule has 3 amide bonds. The number of urea groups is 1. The number of likely N-dealkylation sites (tertiary alicyclic amines) is 1. The first-order chi connectivity index (χ1) is 17.7. The summed E-state index contributed by atoms with van der Waals surface area (Å²) in [6.07, 6.45) is 9.46. The second-order valence-electron chi connectivity index (χ2n) is 10.8. The molecule has 3 atom stereocenters. The highest BCUT2D eigenvalue weighted by Gasteiger charge is 2.43. The van der Waals surface area contributed by atoms with E-state index in [1.165, 1.54) is 45.1 Å². The zero-order valence-electron chi connectivity index (χ0n) is 22.3. The van der Waals surface area contributed by atoms with Crippen molar-refractivity contribution in [3.8, 4) is 0 Å². The van der Waals surface area contributed by atoms with Crippen molar-refractivity contribution in [1.29, 1.82) is 0 Å². The molecule has 0 spiro atoms. The van der Waals surface area contributed by atoms with Crippen LogP contribution in [-0.2, 0) is 10.4 Å². The molecule has 1 saturated carbocycles. The number of amides is 3. The quantitative estimate of drug-likeness (QED) is 0.311. The number of halogens is 2. The van der Waals surface area contributed by atoms with Gasteiger partial charge in [0.1, 0.15) is 5.82 Å². The van der Waals surface area contributed by atoms with Gasteiger partial charge in [0.15, 0.2) is 0 Å². The Balaban J connectivity index is 1.72. The topological polar surface area (TPSA) is 93.7 Å². The van der Waals surface area contributed by atoms with Crippen molar-refractivity contribution in [1.82, 2.24) is 20.9 Å². The number of rotatable bonds is 11. The summed E-state index contributed by atoms with van der Waals surface area (Å²) in [5, 5.41) is 21.1. The molecule has 9 heteroatoms. The monoisotopic (exact) mass is 538 g/mol. The van der Waals surface area contributed by atoms with Crippen LogP contribution < -0.4 is 16.0 Å². The van der Waals surface area contributed by atoms with E-state index in [1.54, 1.807) is 17.0 Å². The van der Waals surface area contributed by atoms with E-state index < -0.39 is 11.4 Å². The molecule has 0 bridgehead atoms. The average molecular weight is 539 g/mol. The number of carbonyl (C=O) groups excluding carboxylic acids is 2. The van der Waals surface area contributed by atoms with Crippen molar-refractivity contribution in [2.75, 3.05) is 33.2 Å². The van der Waals surface area contributed by atoms with Crippen LogP contribution in [0, 0.1) is 17.7 Å². The molecule has 3 rings (SSSR count). The van der Waals surface area contributed by atoms with Crippen LogP contribution in [0.5, 0.6) is 0 Å². The summed E-state index contributed by atoms with van der Waals surface area (Å²) < 4.78 is 14.4. The lowest BCUT2D eigenvalue weighted by Gasteiger charge is -2.43. The maximum Gasteiger partial charge on any atom is 0.317 e. The number of carbonyl (C=O) groups is 2. The number of hydrogen-bond acceptors (Lipinski definition) is 4. The van der Waals surface area contributed by atoms with Crippen molar-refractivity contribution in [2.24, 2.45) is 11.8 Å². The highest BCUT2D eigenvalue weighted by atomic mass is 35.5. The number of benzene rings is 1. The predicted molar refractivity (Wildman–Crippen MR) is 145 cm³/mol. The lowest BCUT2D eigenvalue weighted by Crippen LogP contribution is -2.54. The molecule has 1 aliphatic carbocycles. The van der Waals surface area contributed by atoms with Crippen LogP contribution in [0.1, 0.15) is 76.7 Å². The second kappa shape index (κ2) is 14.3. The number of nitrogens with zero attached hydrogens (tertiary/aromatic N) is 1. The molecular weight excluding hydrogens is 495 g/mol. The Labute approximate surface area is 225 Å². The van der Waals surface area contributed by atoms with Crippen LogP contribution in [0.3, 0.4) is 0 Å². The minimum Gasteiger partial charge on any atom is -0.385 e. The van der Waals surface area contributed by atoms with E-state index in [2.05, 4.69) is 16.0 Å². The Bertz CT molecular complexity index is 898. The van der Waals surface area contributed by atoms with Gasteiger partial charge in [-0.15, -0.1) is 0 Å². The highest BCUT2D eigenvalue weighted by Crippen LogP contribution is 2.42. The molecule has 1 saturated heterocycles. The van der Waals surface area contributed by atoms with Gasteiger partial charge in [-0.1, -0.05) is 55.8 Å². The average Bonchev–Trinajstić information content (AvgIpc) is 2.89. The SMILES string of the molecule is CNCC(CC1CCCCC1)NC(=O)N1CCC[C@@H]([C@@](O)(CCCNC(C)=O)c2cccc(F)c2Cl)C1. The van der Waals surface area contributed by atoms with Gasteiger partial charge in [0.05, 0.1) is 10.6 Å². The predicted octanol–water partition coefficient (Wildman–Crippen LogP) is 4.56. The van der Waals surface area contributed by atoms with E-state index in [0.717, 1.165) is 12.8 Å². The standard InChI is InChI=1S/C28H44ClFN4O3/c1-20(35)32-15-8-14-28(37,24-12-6-13-25(30)26(24)29)22-11-7-16-34(19-22)27(36)33-23(18-31-2)17-21-9-4-3-5-10-21/h6,12-13,21-23,31,37H,3-5,7-11,14-19H2,1-2H3,(H,32,35)(H,33,36)/t22-,23?,28+/m1/s1. The lowest BCUT2D eigenvalue weighted by atomic mass is 9.74. The van der Waals surface area contributed by atoms with Crippen molar-refractivity contribution in [3.63, 3.8) is 0 Å². The fourth-order valence-electron chi connectivity index (χ4n) is 6.10. The molecule has 1 aliphatic heterocycles. The Morgan fingerprint density at radius 1 is 1.22 bits per heavy atom. The van der Waals surface area contributed by atoms with Crippen LogP contribution >= 0.6 is 11.6 Å². The van der Waals surface area contributed by atoms with Gasteiger partial charge in [0.2, 0.25) is 5.91 Å². The molecule has 208 valence electrons. The molecule has 1 heterocycles. The fourth-order valence-corrected chi connectivity index (χ4v) is 6.39. The summed E-state index contributed by atoms with van der Waals surface area (Å²) in [7, 11) is 1.90. The van der Waals surface area contributed by atoms with Gasteiger partial charge in [-0.2, -0.15) is 0 Å². The van der Waals surface area contributed by atoms with Gasteiger partial charge < -0.3 is 26.0 Å². The van der Waals surface area contributed by atoms with Crippen LogP contribution in [0.25, 0.3) is 0 Å². The minimum atomic E-state index is -1.43. The molecule has 4 N–H and O–H groups in total. The summed E-state index contributed by atoms with van der Waals surface area (Å²) in [6, 6.07) is 4.42. The first-order valence-electron chi connectivity index (χ1n) is 13.9. The molecule has 1 unspecified atom stereocenters. The van der Waals surface area contributed by atoms with Crippen molar-refractivity contribution in [3.05, 3.63) is 34.6 Å². The Morgan fingerprint density at radius 3 is 2.68 bits per heavy atom. The van der Waals surface area contributed by atoms with E-state index in [9.17, 15) is 19.1 Å². The molecule has 1 aromatic rings. The first-order valence-corrected chi connectivity index (χ1v) is 14.2. The maximum atomic E-state index is 14.4. The van der Waals surface area contributed by atoms with Crippen molar-refractivity contribution >= 4 is 23.5 Å². The van der Waals surface area contributed by atoms with Gasteiger partial charge in [-0.3, -0.25) is 4.79 Å². The Kier molecular flexibility index (Phi) is 11.5. The molecule has 2 fully saturated rings. The molecule has 0 aromatic heterocycles. The third-order valence-corrected chi connectivity index (χ3v) is 8.42. The van der Waals surface area contributed by atoms with Gasteiger partial charge in [0.25, 0.3) is 0 Å². The molecular formula is C28H44ClFN4O3. The van der Waals surface area contributed by atoms with Crippen molar-refractivity contribution < 1.29 is 19.1 Å². The third-order valence-electron chi connectivity index (χ3n) is 8.03. The maximum absolute atomic E-state index is 14.4. The molecule has 7 nitrogen and oxygen atoms in total. The van der Waals surface area contributed by atoms with Gasteiger partial charge in [-0.25, -0.2) is 9.18 Å². The Morgan fingerprint density at radius 2 is 1.97 bits per heavy atom. The Hall–Kier alpha value is -1.90. The van der Waals surface area contributed by atoms with E-state index in [1.807, 2.05) is 7.05 Å². The zero-order valence-corrected chi connectivity index (χ0v) is 23.1. The number of hydrogen-bond donors (Lipinski definition) is 4. The fraction of sp³-hybridized carbons (Fsp3) is 0.714. The van der Waals surface area contributed by atoms with E-state index in [-0.39, 0.29) is 28.9 Å². The van der Waals surface area contributed by atoms with Gasteiger partial charge in [-0.05, 0) is 51.1 Å². The normalized spacial score (nSPS) is 21.2. The molecule has 1 aromatic carbocycles. The van der Waals surface area contributed by atoms with Gasteiger partial charge >= 0.3 is 6.03 Å². The van der Waals surface area contributed by atoms with E-state index in [0.29, 0.717) is 56.9 Å². The van der Waals surface area contributed by atoms with Crippen LogP contribution in [-0.4, -0.2) is 61.2 Å². The smallest absolute Gasteiger partial charge is 0.317 e. The summed E-state index contributed by atoms with van der Waals surface area (Å²) >= 11 is 6.35. The number of piperidine rings is 1. The van der Waals surface area contributed by atoms with Crippen LogP contribution in [0.15, 0.2) is 18.2 Å². The third kappa shape index (κ3) is 8.29. The molecule has 0 radical (unpaired) electrons. The summed E-state index contributed by atoms with van der Waals surface area (Å²) in [5.41, 5.74) is -1.09. The molecule has 2 aliphatic rings.